The number of halogens is 2. The molecule has 160 valence electrons. The van der Waals surface area contributed by atoms with Gasteiger partial charge in [0.05, 0.1) is 17.2 Å². The number of benzene rings is 1. The molecule has 0 bridgehead atoms. The summed E-state index contributed by atoms with van der Waals surface area (Å²) >= 11 is 0. The molecule has 5 rings (SSSR count). The number of hydrogen-bond donors (Lipinski definition) is 2. The number of carbonyl (C=O) groups is 1. The van der Waals surface area contributed by atoms with Gasteiger partial charge in [-0.2, -0.15) is 0 Å². The number of carboxylic acid groups (broad SMARTS) is 1. The van der Waals surface area contributed by atoms with E-state index in [1.807, 2.05) is 4.90 Å². The van der Waals surface area contributed by atoms with Gasteiger partial charge in [0.15, 0.2) is 0 Å². The van der Waals surface area contributed by atoms with Crippen LogP contribution in [0.25, 0.3) is 10.9 Å². The molecule has 1 aromatic carbocycles. The lowest BCUT2D eigenvalue weighted by molar-refractivity contribution is 0.0694. The van der Waals surface area contributed by atoms with E-state index in [0.29, 0.717) is 41.7 Å². The first-order valence-electron chi connectivity index (χ1n) is 10.5. The average molecular weight is 417 g/mol. The minimum Gasteiger partial charge on any atom is -0.477 e. The molecule has 3 aliphatic rings. The average Bonchev–Trinajstić information content (AvgIpc) is 3.61. The molecular formula is C22H25F2N3O3. The Balaban J connectivity index is 1.63. The van der Waals surface area contributed by atoms with E-state index in [-0.39, 0.29) is 17.8 Å². The van der Waals surface area contributed by atoms with Crippen molar-refractivity contribution in [3.8, 4) is 0 Å². The molecule has 0 unspecified atom stereocenters. The number of hydrogen-bond acceptors (Lipinski definition) is 4. The number of aromatic carboxylic acids is 1. The van der Waals surface area contributed by atoms with Crippen molar-refractivity contribution in [2.24, 2.45) is 17.6 Å². The zero-order valence-corrected chi connectivity index (χ0v) is 16.8. The van der Waals surface area contributed by atoms with Crippen molar-refractivity contribution in [3.05, 3.63) is 39.4 Å². The van der Waals surface area contributed by atoms with Crippen LogP contribution < -0.4 is 16.1 Å². The smallest absolute Gasteiger partial charge is 0.341 e. The third-order valence-electron chi connectivity index (χ3n) is 7.00. The lowest BCUT2D eigenvalue weighted by atomic mass is 9.96. The zero-order valence-electron chi connectivity index (χ0n) is 16.8. The van der Waals surface area contributed by atoms with Crippen LogP contribution in [0.3, 0.4) is 0 Å². The predicted octanol–water partition coefficient (Wildman–Crippen LogP) is 2.99. The molecule has 2 aromatic rings. The monoisotopic (exact) mass is 417 g/mol. The summed E-state index contributed by atoms with van der Waals surface area (Å²) < 4.78 is 30.7. The van der Waals surface area contributed by atoms with Gasteiger partial charge >= 0.3 is 5.97 Å². The molecule has 4 atom stereocenters. The van der Waals surface area contributed by atoms with Crippen molar-refractivity contribution in [2.75, 3.05) is 18.0 Å². The van der Waals surface area contributed by atoms with E-state index in [2.05, 4.69) is 0 Å². The van der Waals surface area contributed by atoms with Crippen LogP contribution in [-0.2, 0) is 0 Å². The summed E-state index contributed by atoms with van der Waals surface area (Å²) in [6.45, 7) is 3.04. The van der Waals surface area contributed by atoms with E-state index in [0.717, 1.165) is 25.3 Å². The first-order valence-corrected chi connectivity index (χ1v) is 10.5. The Morgan fingerprint density at radius 3 is 2.60 bits per heavy atom. The van der Waals surface area contributed by atoms with Gasteiger partial charge in [-0.05, 0) is 49.7 Å². The molecule has 0 amide bonds. The number of carboxylic acids is 1. The lowest BCUT2D eigenvalue weighted by Gasteiger charge is -2.25. The van der Waals surface area contributed by atoms with Crippen molar-refractivity contribution in [1.29, 1.82) is 0 Å². The molecule has 1 aromatic heterocycles. The number of rotatable bonds is 5. The molecule has 0 radical (unpaired) electrons. The van der Waals surface area contributed by atoms with Crippen LogP contribution in [0.15, 0.2) is 17.1 Å². The number of fused-ring (bicyclic) bond motifs is 1. The quantitative estimate of drug-likeness (QED) is 0.781. The number of nitrogens with zero attached hydrogens (tertiary/aromatic N) is 2. The minimum atomic E-state index is -1.40. The van der Waals surface area contributed by atoms with Gasteiger partial charge in [0.1, 0.15) is 17.6 Å². The Hall–Kier alpha value is -2.48. The fourth-order valence-corrected chi connectivity index (χ4v) is 5.08. The Kier molecular flexibility index (Phi) is 4.39. The number of nitrogens with two attached hydrogens (primary N) is 1. The Labute approximate surface area is 172 Å². The van der Waals surface area contributed by atoms with Crippen molar-refractivity contribution >= 4 is 22.6 Å². The zero-order chi connectivity index (χ0) is 21.3. The normalized spacial score (nSPS) is 26.9. The van der Waals surface area contributed by atoms with Gasteiger partial charge in [0.2, 0.25) is 5.43 Å². The molecule has 8 heteroatoms. The summed E-state index contributed by atoms with van der Waals surface area (Å²) in [6.07, 6.45) is 3.57. The number of pyridine rings is 1. The maximum Gasteiger partial charge on any atom is 0.341 e. The van der Waals surface area contributed by atoms with Gasteiger partial charge in [-0.3, -0.25) is 4.79 Å². The van der Waals surface area contributed by atoms with Gasteiger partial charge in [-0.25, -0.2) is 13.6 Å². The molecule has 1 aliphatic heterocycles. The van der Waals surface area contributed by atoms with E-state index in [4.69, 9.17) is 5.73 Å². The fraction of sp³-hybridized carbons (Fsp3) is 0.545. The second kappa shape index (κ2) is 6.77. The fourth-order valence-electron chi connectivity index (χ4n) is 5.08. The summed E-state index contributed by atoms with van der Waals surface area (Å²) in [4.78, 5) is 26.2. The second-order valence-electron chi connectivity index (χ2n) is 9.04. The second-order valence-corrected chi connectivity index (χ2v) is 9.04. The minimum absolute atomic E-state index is 0.0156. The summed E-state index contributed by atoms with van der Waals surface area (Å²) in [7, 11) is 0. The van der Waals surface area contributed by atoms with Crippen LogP contribution in [0.4, 0.5) is 14.5 Å². The predicted molar refractivity (Wildman–Crippen MR) is 109 cm³/mol. The Bertz CT molecular complexity index is 1110. The third kappa shape index (κ3) is 3.00. The van der Waals surface area contributed by atoms with E-state index in [1.54, 1.807) is 6.92 Å². The number of alkyl halides is 1. The summed E-state index contributed by atoms with van der Waals surface area (Å²) in [6, 6.07) is 0.707. The highest BCUT2D eigenvalue weighted by Crippen LogP contribution is 2.43. The van der Waals surface area contributed by atoms with Crippen molar-refractivity contribution in [3.63, 3.8) is 0 Å². The maximum absolute atomic E-state index is 15.2. The molecule has 2 aliphatic carbocycles. The molecule has 2 heterocycles. The van der Waals surface area contributed by atoms with E-state index in [1.165, 1.54) is 10.8 Å². The molecule has 2 saturated carbocycles. The highest BCUT2D eigenvalue weighted by atomic mass is 19.1. The Morgan fingerprint density at radius 2 is 2.00 bits per heavy atom. The summed E-state index contributed by atoms with van der Waals surface area (Å²) in [5, 5.41) is 9.38. The maximum atomic E-state index is 15.2. The van der Waals surface area contributed by atoms with E-state index < -0.39 is 35.0 Å². The lowest BCUT2D eigenvalue weighted by Crippen LogP contribution is -2.34. The highest BCUT2D eigenvalue weighted by molar-refractivity contribution is 5.95. The molecule has 0 spiro atoms. The number of anilines is 1. The van der Waals surface area contributed by atoms with Gasteiger partial charge < -0.3 is 20.3 Å². The topological polar surface area (TPSA) is 88.6 Å². The first kappa shape index (κ1) is 19.5. The van der Waals surface area contributed by atoms with Gasteiger partial charge in [0, 0.05) is 37.1 Å². The molecule has 6 nitrogen and oxygen atoms in total. The number of aromatic nitrogens is 1. The Morgan fingerprint density at radius 1 is 1.30 bits per heavy atom. The van der Waals surface area contributed by atoms with Crippen LogP contribution in [0.2, 0.25) is 0 Å². The van der Waals surface area contributed by atoms with Crippen LogP contribution in [0.1, 0.15) is 47.6 Å². The van der Waals surface area contributed by atoms with Crippen molar-refractivity contribution in [2.45, 2.75) is 50.9 Å². The van der Waals surface area contributed by atoms with E-state index in [9.17, 15) is 19.1 Å². The van der Waals surface area contributed by atoms with Crippen LogP contribution in [0.5, 0.6) is 0 Å². The largest absolute Gasteiger partial charge is 0.477 e. The highest BCUT2D eigenvalue weighted by Gasteiger charge is 2.41. The molecule has 30 heavy (non-hydrogen) atoms. The first-order chi connectivity index (χ1) is 14.3. The standard InChI is InChI=1S/C22H25F2N3O3/c1-10-19-13(21(28)14(22(29)30)9-27(19)17-7-15(17)23)6-16(24)20(10)26-5-4-12(8-26)18(25)11-2-3-11/h6,9,11-12,15,17-18H,2-5,7-8,25H2,1H3,(H,29,30)/t12-,15+,17-,18+/m1/s1. The molecule has 1 saturated heterocycles. The van der Waals surface area contributed by atoms with E-state index >= 15 is 4.39 Å². The van der Waals surface area contributed by atoms with Crippen molar-refractivity contribution < 1.29 is 18.7 Å². The van der Waals surface area contributed by atoms with Gasteiger partial charge in [-0.15, -0.1) is 0 Å². The van der Waals surface area contributed by atoms with Gasteiger partial charge in [-0.1, -0.05) is 0 Å². The third-order valence-corrected chi connectivity index (χ3v) is 7.00. The SMILES string of the molecule is Cc1c(N2CC[C@@H]([C@@H](N)C3CC3)C2)c(F)cc2c(=O)c(C(=O)O)cn([C@@H]3C[C@@H]3F)c12. The van der Waals surface area contributed by atoms with Crippen molar-refractivity contribution in [1.82, 2.24) is 4.57 Å². The summed E-state index contributed by atoms with van der Waals surface area (Å²) in [5.41, 5.74) is 6.53. The van der Waals surface area contributed by atoms with Crippen LogP contribution in [0, 0.1) is 24.6 Å². The van der Waals surface area contributed by atoms with Crippen LogP contribution >= 0.6 is 0 Å². The van der Waals surface area contributed by atoms with Crippen LogP contribution in [-0.4, -0.2) is 40.9 Å². The molecular weight excluding hydrogens is 392 g/mol. The molecule has 3 fully saturated rings. The van der Waals surface area contributed by atoms with Gasteiger partial charge in [0.25, 0.3) is 0 Å². The summed E-state index contributed by atoms with van der Waals surface area (Å²) in [5.74, 6) is -1.10. The molecule has 3 N–H and O–H groups in total. The number of aryl methyl sites for hydroxylation is 1.